The van der Waals surface area contributed by atoms with Crippen LogP contribution in [0.25, 0.3) is 20.8 Å². The maximum absolute atomic E-state index is 12.1. The fraction of sp³-hybridized carbons (Fsp3) is 0. The average Bonchev–Trinajstić information content (AvgIpc) is 2.47. The summed E-state index contributed by atoms with van der Waals surface area (Å²) < 4.78 is 3.27. The molecule has 0 bridgehead atoms. The third-order valence-corrected chi connectivity index (χ3v) is 9.07. The van der Waals surface area contributed by atoms with Crippen molar-refractivity contribution >= 4 is 108 Å². The lowest BCUT2D eigenvalue weighted by molar-refractivity contribution is 1.35. The van der Waals surface area contributed by atoms with Gasteiger partial charge in [0.05, 0.1) is 43.7 Å². The summed E-state index contributed by atoms with van der Waals surface area (Å²) in [5.74, 6) is 0. The molecule has 0 N–H and O–H groups in total. The Balaban J connectivity index is 2.60. The number of hydrogen-bond acceptors (Lipinski definition) is 3. The van der Waals surface area contributed by atoms with Crippen LogP contribution < -0.4 is 5.43 Å². The normalized spacial score (nSPS) is 11.5. The molecule has 1 aliphatic carbocycles. The largest absolute Gasteiger partial charge is 0.287 e. The van der Waals surface area contributed by atoms with Crippen LogP contribution >= 0.6 is 98.3 Å². The van der Waals surface area contributed by atoms with E-state index in [9.17, 15) is 4.79 Å². The molecule has 108 valence electrons. The van der Waals surface area contributed by atoms with E-state index >= 15 is 0 Å². The van der Waals surface area contributed by atoms with Crippen molar-refractivity contribution < 1.29 is 0 Å². The highest BCUT2D eigenvalue weighted by Crippen LogP contribution is 2.45. The van der Waals surface area contributed by atoms with Gasteiger partial charge in [-0.05, 0) is 69.8 Å². The number of fused-ring (bicyclic) bond motifs is 2. The Morgan fingerprint density at radius 2 is 1.67 bits per heavy atom. The van der Waals surface area contributed by atoms with Crippen molar-refractivity contribution in [2.24, 2.45) is 0 Å². The summed E-state index contributed by atoms with van der Waals surface area (Å²) in [7, 11) is 0. The number of hydrogen-bond donors (Lipinski definition) is 0. The summed E-state index contributed by atoms with van der Waals surface area (Å²) >= 11 is 27.2. The summed E-state index contributed by atoms with van der Waals surface area (Å²) in [6.45, 7) is 0. The molecule has 0 amide bonds. The van der Waals surface area contributed by atoms with Crippen molar-refractivity contribution in [3.05, 3.63) is 44.2 Å². The maximum atomic E-state index is 12.1. The fourth-order valence-corrected chi connectivity index (χ4v) is 5.56. The standard InChI is InChI=1S/C12HBr4Cl2NOS/c13-4-2(17)1-3-9(5(4)14)19-10-6(15)7(16)11(20)8(18)12(10)21-3/h1H. The van der Waals surface area contributed by atoms with Crippen LogP contribution in [0.3, 0.4) is 0 Å². The van der Waals surface area contributed by atoms with Crippen LogP contribution in [-0.2, 0) is 0 Å². The second-order valence-corrected chi connectivity index (χ2v) is 9.01. The van der Waals surface area contributed by atoms with Crippen molar-refractivity contribution in [3.8, 4) is 10.6 Å². The monoisotopic (exact) mass is 593 g/mol. The van der Waals surface area contributed by atoms with Crippen molar-refractivity contribution in [2.45, 2.75) is 0 Å². The smallest absolute Gasteiger partial charge is 0.214 e. The molecule has 2 aliphatic rings. The van der Waals surface area contributed by atoms with Gasteiger partial charge in [-0.3, -0.25) is 4.79 Å². The molecule has 0 aromatic heterocycles. The number of benzene rings is 2. The predicted molar refractivity (Wildman–Crippen MR) is 103 cm³/mol. The van der Waals surface area contributed by atoms with Gasteiger partial charge in [0.2, 0.25) is 5.43 Å². The molecule has 1 heterocycles. The van der Waals surface area contributed by atoms with Gasteiger partial charge in [0, 0.05) is 0 Å². The van der Waals surface area contributed by atoms with Gasteiger partial charge in [-0.2, -0.15) is 0 Å². The van der Waals surface area contributed by atoms with Crippen molar-refractivity contribution in [1.29, 1.82) is 0 Å². The lowest BCUT2D eigenvalue weighted by atomic mass is 10.2. The minimum Gasteiger partial charge on any atom is -0.287 e. The lowest BCUT2D eigenvalue weighted by Crippen LogP contribution is -2.07. The zero-order chi connectivity index (χ0) is 15.5. The van der Waals surface area contributed by atoms with E-state index in [-0.39, 0.29) is 10.5 Å². The number of rotatable bonds is 0. The van der Waals surface area contributed by atoms with Crippen LogP contribution in [0.1, 0.15) is 0 Å². The summed E-state index contributed by atoms with van der Waals surface area (Å²) in [6, 6.07) is 1.79. The van der Waals surface area contributed by atoms with E-state index in [0.717, 1.165) is 19.2 Å². The Hall–Kier alpha value is 0.760. The summed E-state index contributed by atoms with van der Waals surface area (Å²) in [6.07, 6.45) is 0. The summed E-state index contributed by atoms with van der Waals surface area (Å²) in [5.41, 5.74) is 1.10. The van der Waals surface area contributed by atoms with Crippen LogP contribution in [0.2, 0.25) is 10.0 Å². The lowest BCUT2D eigenvalue weighted by Gasteiger charge is -2.12. The van der Waals surface area contributed by atoms with Gasteiger partial charge in [0.25, 0.3) is 0 Å². The molecule has 0 fully saturated rings. The molecular formula is C12HBr4Cl2NOS. The molecule has 1 aromatic rings. The van der Waals surface area contributed by atoms with Crippen molar-refractivity contribution in [1.82, 2.24) is 4.98 Å². The topological polar surface area (TPSA) is 30.0 Å². The van der Waals surface area contributed by atoms with Gasteiger partial charge >= 0.3 is 0 Å². The molecule has 0 spiro atoms. The predicted octanol–water partition coefficient (Wildman–Crippen LogP) is 7.12. The van der Waals surface area contributed by atoms with Gasteiger partial charge in [0.15, 0.2) is 0 Å². The summed E-state index contributed by atoms with van der Waals surface area (Å²) in [4.78, 5) is 17.3. The average molecular weight is 598 g/mol. The number of nitrogens with zero attached hydrogens (tertiary/aromatic N) is 1. The Labute approximate surface area is 166 Å². The maximum Gasteiger partial charge on any atom is 0.214 e. The van der Waals surface area contributed by atoms with Gasteiger partial charge in [0.1, 0.15) is 5.02 Å². The first-order valence-corrected chi connectivity index (χ1v) is 10.0. The van der Waals surface area contributed by atoms with Crippen LogP contribution in [0.5, 0.6) is 0 Å². The van der Waals surface area contributed by atoms with Crippen molar-refractivity contribution in [3.63, 3.8) is 0 Å². The van der Waals surface area contributed by atoms with Crippen LogP contribution in [0, 0.1) is 0 Å². The molecule has 1 aromatic carbocycles. The van der Waals surface area contributed by atoms with Gasteiger partial charge in [-0.1, -0.05) is 23.2 Å². The van der Waals surface area contributed by atoms with Gasteiger partial charge in [-0.15, -0.1) is 11.3 Å². The third kappa shape index (κ3) is 2.62. The Kier molecular flexibility index (Phi) is 4.75. The Morgan fingerprint density at radius 3 is 2.33 bits per heavy atom. The number of aromatic nitrogens is 1. The highest BCUT2D eigenvalue weighted by atomic mass is 79.9. The molecule has 21 heavy (non-hydrogen) atoms. The Morgan fingerprint density at radius 1 is 1.00 bits per heavy atom. The minimum absolute atomic E-state index is 0.148. The number of halogens is 6. The van der Waals surface area contributed by atoms with Gasteiger partial charge < -0.3 is 0 Å². The molecule has 0 atom stereocenters. The SMILES string of the molecule is O=c1c(Cl)c2sc3cc(Cl)c(Br)c(Br)c3nc-2c(Br)c1Br. The van der Waals surface area contributed by atoms with E-state index in [0.29, 0.717) is 24.5 Å². The molecular weight excluding hydrogens is 597 g/mol. The first-order chi connectivity index (χ1) is 9.82. The molecule has 0 unspecified atom stereocenters. The van der Waals surface area contributed by atoms with E-state index in [1.165, 1.54) is 11.3 Å². The second-order valence-electron chi connectivity index (χ2n) is 4.00. The first-order valence-electron chi connectivity index (χ1n) is 5.27. The van der Waals surface area contributed by atoms with Crippen LogP contribution in [0.15, 0.2) is 28.8 Å². The minimum atomic E-state index is -0.268. The molecule has 9 heteroatoms. The third-order valence-electron chi connectivity index (χ3n) is 2.75. The van der Waals surface area contributed by atoms with Crippen LogP contribution in [0.4, 0.5) is 0 Å². The van der Waals surface area contributed by atoms with Gasteiger partial charge in [-0.25, -0.2) is 4.98 Å². The highest BCUT2D eigenvalue weighted by Gasteiger charge is 2.23. The molecule has 0 saturated carbocycles. The van der Waals surface area contributed by atoms with Crippen LogP contribution in [-0.4, -0.2) is 4.98 Å². The van der Waals surface area contributed by atoms with E-state index in [1.54, 1.807) is 6.07 Å². The molecule has 0 radical (unpaired) electrons. The first kappa shape index (κ1) is 16.6. The molecule has 2 nitrogen and oxygen atoms in total. The second kappa shape index (κ2) is 6.00. The highest BCUT2D eigenvalue weighted by molar-refractivity contribution is 9.13. The van der Waals surface area contributed by atoms with E-state index < -0.39 is 0 Å². The molecule has 0 saturated heterocycles. The fourth-order valence-electron chi connectivity index (χ4n) is 1.77. The van der Waals surface area contributed by atoms with Crippen molar-refractivity contribution in [2.75, 3.05) is 0 Å². The molecule has 1 aliphatic heterocycles. The summed E-state index contributed by atoms with van der Waals surface area (Å²) in [5, 5.41) is 0.705. The van der Waals surface area contributed by atoms with E-state index in [2.05, 4.69) is 68.7 Å². The Bertz CT molecular complexity index is 943. The quantitative estimate of drug-likeness (QED) is 0.157. The zero-order valence-corrected chi connectivity index (χ0v) is 18.3. The molecule has 3 rings (SSSR count). The van der Waals surface area contributed by atoms with E-state index in [1.807, 2.05) is 0 Å². The zero-order valence-electron chi connectivity index (χ0n) is 9.61. The van der Waals surface area contributed by atoms with E-state index in [4.69, 9.17) is 23.2 Å².